The van der Waals surface area contributed by atoms with Gasteiger partial charge in [0.25, 0.3) is 0 Å². The van der Waals surface area contributed by atoms with Crippen molar-refractivity contribution in [3.8, 4) is 5.75 Å². The predicted molar refractivity (Wildman–Crippen MR) is 56.1 cm³/mol. The number of halogens is 1. The van der Waals surface area contributed by atoms with Crippen molar-refractivity contribution in [2.45, 2.75) is 25.8 Å². The minimum Gasteiger partial charge on any atom is -0.507 e. The summed E-state index contributed by atoms with van der Waals surface area (Å²) in [6.45, 7) is 1.67. The fraction of sp³-hybridized carbons (Fsp3) is 0.455. The molecular formula is C11H16FNO2. The van der Waals surface area contributed by atoms with Gasteiger partial charge in [0, 0.05) is 18.2 Å². The first-order valence-electron chi connectivity index (χ1n) is 4.91. The molecule has 0 aromatic heterocycles. The highest BCUT2D eigenvalue weighted by atomic mass is 19.1. The number of aliphatic hydroxyl groups excluding tert-OH is 1. The number of hydrogen-bond donors (Lipinski definition) is 3. The lowest BCUT2D eigenvalue weighted by atomic mass is 9.99. The Morgan fingerprint density at radius 2 is 2.13 bits per heavy atom. The van der Waals surface area contributed by atoms with E-state index in [1.807, 2.05) is 0 Å². The van der Waals surface area contributed by atoms with Crippen LogP contribution in [0.15, 0.2) is 12.1 Å². The summed E-state index contributed by atoms with van der Waals surface area (Å²) in [5.74, 6) is -0.360. The van der Waals surface area contributed by atoms with Crippen LogP contribution in [0.25, 0.3) is 0 Å². The maximum absolute atomic E-state index is 13.1. The van der Waals surface area contributed by atoms with Crippen molar-refractivity contribution in [1.82, 2.24) is 0 Å². The zero-order valence-electron chi connectivity index (χ0n) is 8.70. The van der Waals surface area contributed by atoms with Crippen LogP contribution in [0, 0.1) is 12.7 Å². The number of benzene rings is 1. The number of rotatable bonds is 4. The molecule has 4 heteroatoms. The van der Waals surface area contributed by atoms with E-state index in [4.69, 9.17) is 10.8 Å². The molecule has 0 heterocycles. The Kier molecular flexibility index (Phi) is 4.05. The van der Waals surface area contributed by atoms with Crippen molar-refractivity contribution in [3.63, 3.8) is 0 Å². The van der Waals surface area contributed by atoms with E-state index >= 15 is 0 Å². The Labute approximate surface area is 88.4 Å². The van der Waals surface area contributed by atoms with E-state index in [-0.39, 0.29) is 12.4 Å². The van der Waals surface area contributed by atoms with Crippen LogP contribution in [0.1, 0.15) is 30.0 Å². The van der Waals surface area contributed by atoms with Crippen LogP contribution >= 0.6 is 0 Å². The first-order valence-corrected chi connectivity index (χ1v) is 4.91. The smallest absolute Gasteiger partial charge is 0.124 e. The van der Waals surface area contributed by atoms with Gasteiger partial charge >= 0.3 is 0 Å². The number of nitrogens with two attached hydrogens (primary N) is 1. The van der Waals surface area contributed by atoms with E-state index in [0.29, 0.717) is 24.0 Å². The summed E-state index contributed by atoms with van der Waals surface area (Å²) in [5.41, 5.74) is 6.66. The van der Waals surface area contributed by atoms with Gasteiger partial charge in [-0.1, -0.05) is 0 Å². The molecule has 0 saturated heterocycles. The van der Waals surface area contributed by atoms with Gasteiger partial charge in [-0.2, -0.15) is 0 Å². The van der Waals surface area contributed by atoms with E-state index in [2.05, 4.69) is 0 Å². The van der Waals surface area contributed by atoms with Crippen molar-refractivity contribution in [3.05, 3.63) is 29.1 Å². The molecule has 4 N–H and O–H groups in total. The van der Waals surface area contributed by atoms with Crippen LogP contribution in [-0.4, -0.2) is 16.8 Å². The SMILES string of the molecule is Cc1cc(F)cc([C@@H](N)CCCO)c1O. The number of phenolic OH excluding ortho intramolecular Hbond substituents is 1. The molecule has 3 nitrogen and oxygen atoms in total. The molecule has 0 aliphatic rings. The molecule has 0 fully saturated rings. The lowest BCUT2D eigenvalue weighted by molar-refractivity contribution is 0.279. The van der Waals surface area contributed by atoms with Gasteiger partial charge in [0.1, 0.15) is 11.6 Å². The van der Waals surface area contributed by atoms with E-state index in [9.17, 15) is 9.50 Å². The first kappa shape index (κ1) is 11.9. The number of aromatic hydroxyl groups is 1. The molecule has 0 bridgehead atoms. The number of hydrogen-bond acceptors (Lipinski definition) is 3. The summed E-state index contributed by atoms with van der Waals surface area (Å²) in [7, 11) is 0. The van der Waals surface area contributed by atoms with Gasteiger partial charge < -0.3 is 15.9 Å². The molecule has 0 amide bonds. The highest BCUT2D eigenvalue weighted by molar-refractivity contribution is 5.41. The average molecular weight is 213 g/mol. The third kappa shape index (κ3) is 2.91. The minimum atomic E-state index is -0.438. The molecular weight excluding hydrogens is 197 g/mol. The third-order valence-electron chi connectivity index (χ3n) is 2.37. The molecule has 1 aromatic rings. The monoisotopic (exact) mass is 213 g/mol. The summed E-state index contributed by atoms with van der Waals surface area (Å²) in [6.07, 6.45) is 1.06. The second kappa shape index (κ2) is 5.09. The van der Waals surface area contributed by atoms with E-state index in [0.717, 1.165) is 0 Å². The van der Waals surface area contributed by atoms with E-state index < -0.39 is 11.9 Å². The quantitative estimate of drug-likeness (QED) is 0.711. The highest BCUT2D eigenvalue weighted by Gasteiger charge is 2.13. The van der Waals surface area contributed by atoms with Crippen molar-refractivity contribution < 1.29 is 14.6 Å². The van der Waals surface area contributed by atoms with Crippen LogP contribution in [0.4, 0.5) is 4.39 Å². The molecule has 0 spiro atoms. The normalized spacial score (nSPS) is 12.8. The van der Waals surface area contributed by atoms with Crippen molar-refractivity contribution >= 4 is 0 Å². The Bertz CT molecular complexity index is 342. The Hall–Kier alpha value is -1.13. The molecule has 0 aliphatic carbocycles. The Morgan fingerprint density at radius 3 is 2.73 bits per heavy atom. The summed E-state index contributed by atoms with van der Waals surface area (Å²) in [5, 5.41) is 18.3. The van der Waals surface area contributed by atoms with E-state index in [1.54, 1.807) is 6.92 Å². The third-order valence-corrected chi connectivity index (χ3v) is 2.37. The zero-order valence-corrected chi connectivity index (χ0v) is 8.70. The fourth-order valence-electron chi connectivity index (χ4n) is 1.51. The van der Waals surface area contributed by atoms with Gasteiger partial charge in [-0.25, -0.2) is 4.39 Å². The lowest BCUT2D eigenvalue weighted by Crippen LogP contribution is -2.11. The van der Waals surface area contributed by atoms with Gasteiger partial charge in [0.15, 0.2) is 0 Å². The number of phenols is 1. The number of aliphatic hydroxyl groups is 1. The maximum Gasteiger partial charge on any atom is 0.124 e. The van der Waals surface area contributed by atoms with Gasteiger partial charge in [-0.05, 0) is 37.5 Å². The second-order valence-electron chi connectivity index (χ2n) is 3.63. The Balaban J connectivity index is 2.92. The summed E-state index contributed by atoms with van der Waals surface area (Å²) in [6, 6.07) is 2.06. The molecule has 1 atom stereocenters. The first-order chi connectivity index (χ1) is 7.06. The summed E-state index contributed by atoms with van der Waals surface area (Å²) < 4.78 is 13.1. The van der Waals surface area contributed by atoms with Crippen molar-refractivity contribution in [2.75, 3.05) is 6.61 Å². The fourth-order valence-corrected chi connectivity index (χ4v) is 1.51. The number of aryl methyl sites for hydroxylation is 1. The van der Waals surface area contributed by atoms with Crippen LogP contribution in [0.2, 0.25) is 0 Å². The molecule has 1 rings (SSSR count). The van der Waals surface area contributed by atoms with Gasteiger partial charge in [-0.15, -0.1) is 0 Å². The Morgan fingerprint density at radius 1 is 1.47 bits per heavy atom. The van der Waals surface area contributed by atoms with Gasteiger partial charge in [0.2, 0.25) is 0 Å². The largest absolute Gasteiger partial charge is 0.507 e. The van der Waals surface area contributed by atoms with E-state index in [1.165, 1.54) is 12.1 Å². The van der Waals surface area contributed by atoms with Crippen LogP contribution < -0.4 is 5.73 Å². The molecule has 0 unspecified atom stereocenters. The topological polar surface area (TPSA) is 66.5 Å². The van der Waals surface area contributed by atoms with Crippen LogP contribution in [0.3, 0.4) is 0 Å². The van der Waals surface area contributed by atoms with Crippen LogP contribution in [-0.2, 0) is 0 Å². The summed E-state index contributed by atoms with van der Waals surface area (Å²) in [4.78, 5) is 0. The standard InChI is InChI=1S/C11H16FNO2/c1-7-5-8(12)6-9(11(7)15)10(13)3-2-4-14/h5-6,10,14-15H,2-4,13H2,1H3/t10-/m0/s1. The molecule has 0 saturated carbocycles. The van der Waals surface area contributed by atoms with Crippen molar-refractivity contribution in [2.24, 2.45) is 5.73 Å². The average Bonchev–Trinajstić information content (AvgIpc) is 2.19. The predicted octanol–water partition coefficient (Wildman–Crippen LogP) is 1.61. The lowest BCUT2D eigenvalue weighted by Gasteiger charge is -2.14. The highest BCUT2D eigenvalue weighted by Crippen LogP contribution is 2.29. The molecule has 84 valence electrons. The maximum atomic E-state index is 13.1. The zero-order chi connectivity index (χ0) is 11.4. The minimum absolute atomic E-state index is 0.0434. The van der Waals surface area contributed by atoms with Crippen LogP contribution in [0.5, 0.6) is 5.75 Å². The second-order valence-corrected chi connectivity index (χ2v) is 3.63. The molecule has 1 aromatic carbocycles. The molecule has 0 radical (unpaired) electrons. The molecule has 0 aliphatic heterocycles. The molecule has 15 heavy (non-hydrogen) atoms. The van der Waals surface area contributed by atoms with Gasteiger partial charge in [0.05, 0.1) is 0 Å². The summed E-state index contributed by atoms with van der Waals surface area (Å²) >= 11 is 0. The van der Waals surface area contributed by atoms with Crippen molar-refractivity contribution in [1.29, 1.82) is 0 Å². The van der Waals surface area contributed by atoms with Gasteiger partial charge in [-0.3, -0.25) is 0 Å².